The lowest BCUT2D eigenvalue weighted by atomic mass is 10.2. The molecular formula is C14H16BrN3O. The van der Waals surface area contributed by atoms with Crippen molar-refractivity contribution in [3.05, 3.63) is 52.3 Å². The molecule has 0 bridgehead atoms. The number of rotatable bonds is 4. The summed E-state index contributed by atoms with van der Waals surface area (Å²) < 4.78 is 2.68. The van der Waals surface area contributed by atoms with Gasteiger partial charge in [0.25, 0.3) is 5.91 Å². The smallest absolute Gasteiger partial charge is 0.272 e. The topological polar surface area (TPSA) is 46.1 Å². The molecule has 0 saturated heterocycles. The molecule has 0 spiro atoms. The highest BCUT2D eigenvalue weighted by Gasteiger charge is 2.11. The van der Waals surface area contributed by atoms with Gasteiger partial charge in [-0.1, -0.05) is 12.1 Å². The number of halogens is 1. The Kier molecular flexibility index (Phi) is 4.39. The van der Waals surface area contributed by atoms with Gasteiger partial charge in [-0.05, 0) is 46.7 Å². The molecule has 2 rings (SSSR count). The summed E-state index contributed by atoms with van der Waals surface area (Å²) in [5.74, 6) is -0.116. The first kappa shape index (κ1) is 13.8. The molecule has 0 fully saturated rings. The van der Waals surface area contributed by atoms with E-state index in [9.17, 15) is 4.79 Å². The van der Waals surface area contributed by atoms with Gasteiger partial charge in [0.1, 0.15) is 5.69 Å². The number of anilines is 1. The zero-order valence-corrected chi connectivity index (χ0v) is 12.5. The van der Waals surface area contributed by atoms with E-state index in [2.05, 4.69) is 26.6 Å². The zero-order valence-electron chi connectivity index (χ0n) is 10.9. The SMILES string of the molecule is CNCc1cccc(NC(=O)c2cc(Br)cn2C)c1. The normalized spacial score (nSPS) is 10.5. The van der Waals surface area contributed by atoms with Crippen LogP contribution in [0.3, 0.4) is 0 Å². The van der Waals surface area contributed by atoms with Gasteiger partial charge >= 0.3 is 0 Å². The van der Waals surface area contributed by atoms with Crippen LogP contribution in [0, 0.1) is 0 Å². The van der Waals surface area contributed by atoms with Crippen molar-refractivity contribution >= 4 is 27.5 Å². The second-order valence-electron chi connectivity index (χ2n) is 4.34. The van der Waals surface area contributed by atoms with Crippen molar-refractivity contribution in [1.82, 2.24) is 9.88 Å². The molecule has 100 valence electrons. The summed E-state index contributed by atoms with van der Waals surface area (Å²) in [6.45, 7) is 0.777. The van der Waals surface area contributed by atoms with Gasteiger partial charge in [0.2, 0.25) is 0 Å². The van der Waals surface area contributed by atoms with E-state index in [1.54, 1.807) is 10.6 Å². The zero-order chi connectivity index (χ0) is 13.8. The van der Waals surface area contributed by atoms with Crippen molar-refractivity contribution in [2.24, 2.45) is 7.05 Å². The van der Waals surface area contributed by atoms with Crippen LogP contribution in [0.4, 0.5) is 5.69 Å². The summed E-state index contributed by atoms with van der Waals surface area (Å²) in [4.78, 5) is 12.1. The maximum atomic E-state index is 12.1. The number of hydrogen-bond acceptors (Lipinski definition) is 2. The fourth-order valence-electron chi connectivity index (χ4n) is 1.91. The number of amides is 1. The highest BCUT2D eigenvalue weighted by atomic mass is 79.9. The second kappa shape index (κ2) is 6.04. The number of aryl methyl sites for hydroxylation is 1. The van der Waals surface area contributed by atoms with Crippen molar-refractivity contribution in [3.63, 3.8) is 0 Å². The summed E-state index contributed by atoms with van der Waals surface area (Å²) in [7, 11) is 3.74. The Labute approximate surface area is 120 Å². The molecule has 1 amide bonds. The molecule has 2 aromatic rings. The predicted octanol–water partition coefficient (Wildman–Crippen LogP) is 2.76. The fourth-order valence-corrected chi connectivity index (χ4v) is 2.43. The van der Waals surface area contributed by atoms with Gasteiger partial charge in [0.05, 0.1) is 0 Å². The Balaban J connectivity index is 2.14. The van der Waals surface area contributed by atoms with Gasteiger partial charge in [-0.3, -0.25) is 4.79 Å². The van der Waals surface area contributed by atoms with E-state index in [4.69, 9.17) is 0 Å². The number of carbonyl (C=O) groups excluding carboxylic acids is 1. The number of carbonyl (C=O) groups is 1. The third kappa shape index (κ3) is 3.45. The van der Waals surface area contributed by atoms with E-state index in [0.717, 1.165) is 22.3 Å². The van der Waals surface area contributed by atoms with Crippen LogP contribution in [0.1, 0.15) is 16.1 Å². The average molecular weight is 322 g/mol. The van der Waals surface area contributed by atoms with E-state index >= 15 is 0 Å². The molecule has 0 radical (unpaired) electrons. The summed E-state index contributed by atoms with van der Waals surface area (Å²) in [6, 6.07) is 9.60. The first-order valence-corrected chi connectivity index (χ1v) is 6.76. The minimum absolute atomic E-state index is 0.116. The monoisotopic (exact) mass is 321 g/mol. The fraction of sp³-hybridized carbons (Fsp3) is 0.214. The molecule has 0 unspecified atom stereocenters. The van der Waals surface area contributed by atoms with Crippen LogP contribution in [0.25, 0.3) is 0 Å². The van der Waals surface area contributed by atoms with Gasteiger partial charge in [0.15, 0.2) is 0 Å². The van der Waals surface area contributed by atoms with Crippen molar-refractivity contribution in [2.45, 2.75) is 6.54 Å². The standard InChI is InChI=1S/C14H16BrN3O/c1-16-8-10-4-3-5-12(6-10)17-14(19)13-7-11(15)9-18(13)2/h3-7,9,16H,8H2,1-2H3,(H,17,19). The van der Waals surface area contributed by atoms with Crippen molar-refractivity contribution < 1.29 is 4.79 Å². The van der Waals surface area contributed by atoms with Crippen LogP contribution in [0.2, 0.25) is 0 Å². The largest absolute Gasteiger partial charge is 0.345 e. The molecule has 5 heteroatoms. The Morgan fingerprint density at radius 3 is 2.79 bits per heavy atom. The number of hydrogen-bond donors (Lipinski definition) is 2. The van der Waals surface area contributed by atoms with E-state index in [1.165, 1.54) is 0 Å². The van der Waals surface area contributed by atoms with Crippen molar-refractivity contribution in [1.29, 1.82) is 0 Å². The quantitative estimate of drug-likeness (QED) is 0.909. The van der Waals surface area contributed by atoms with Gasteiger partial charge in [-0.2, -0.15) is 0 Å². The Hall–Kier alpha value is -1.59. The van der Waals surface area contributed by atoms with Crippen molar-refractivity contribution in [2.75, 3.05) is 12.4 Å². The molecule has 19 heavy (non-hydrogen) atoms. The average Bonchev–Trinajstić information content (AvgIpc) is 2.69. The first-order valence-electron chi connectivity index (χ1n) is 5.97. The summed E-state index contributed by atoms with van der Waals surface area (Å²) >= 11 is 3.36. The molecule has 2 N–H and O–H groups in total. The number of nitrogens with one attached hydrogen (secondary N) is 2. The molecule has 0 aliphatic heterocycles. The van der Waals surface area contributed by atoms with E-state index < -0.39 is 0 Å². The molecule has 0 aliphatic carbocycles. The maximum Gasteiger partial charge on any atom is 0.272 e. The molecule has 1 aromatic carbocycles. The lowest BCUT2D eigenvalue weighted by Gasteiger charge is -2.08. The number of aromatic nitrogens is 1. The summed E-state index contributed by atoms with van der Waals surface area (Å²) in [5.41, 5.74) is 2.55. The van der Waals surface area contributed by atoms with Crippen LogP contribution in [-0.4, -0.2) is 17.5 Å². The minimum atomic E-state index is -0.116. The van der Waals surface area contributed by atoms with Crippen LogP contribution in [-0.2, 0) is 13.6 Å². The number of benzene rings is 1. The lowest BCUT2D eigenvalue weighted by molar-refractivity contribution is 0.101. The van der Waals surface area contributed by atoms with Crippen LogP contribution in [0.15, 0.2) is 41.0 Å². The molecule has 4 nitrogen and oxygen atoms in total. The van der Waals surface area contributed by atoms with Gasteiger partial charge in [-0.15, -0.1) is 0 Å². The number of nitrogens with zero attached hydrogens (tertiary/aromatic N) is 1. The Morgan fingerprint density at radius 1 is 1.37 bits per heavy atom. The van der Waals surface area contributed by atoms with Crippen LogP contribution >= 0.6 is 15.9 Å². The molecule has 0 saturated carbocycles. The molecule has 1 heterocycles. The van der Waals surface area contributed by atoms with E-state index in [1.807, 2.05) is 44.6 Å². The maximum absolute atomic E-state index is 12.1. The third-order valence-electron chi connectivity index (χ3n) is 2.77. The van der Waals surface area contributed by atoms with E-state index in [-0.39, 0.29) is 5.91 Å². The summed E-state index contributed by atoms with van der Waals surface area (Å²) in [5, 5.41) is 5.99. The molecule has 0 atom stereocenters. The highest BCUT2D eigenvalue weighted by molar-refractivity contribution is 9.10. The van der Waals surface area contributed by atoms with Gasteiger partial charge in [0, 0.05) is 29.9 Å². The van der Waals surface area contributed by atoms with E-state index in [0.29, 0.717) is 5.69 Å². The summed E-state index contributed by atoms with van der Waals surface area (Å²) in [6.07, 6.45) is 1.85. The second-order valence-corrected chi connectivity index (χ2v) is 5.25. The predicted molar refractivity (Wildman–Crippen MR) is 80.3 cm³/mol. The van der Waals surface area contributed by atoms with Crippen LogP contribution < -0.4 is 10.6 Å². The molecule has 0 aliphatic rings. The van der Waals surface area contributed by atoms with Gasteiger partial charge in [-0.25, -0.2) is 0 Å². The molecule has 1 aromatic heterocycles. The van der Waals surface area contributed by atoms with Crippen molar-refractivity contribution in [3.8, 4) is 0 Å². The Bertz CT molecular complexity index is 592. The third-order valence-corrected chi connectivity index (χ3v) is 3.20. The first-order chi connectivity index (χ1) is 9.10. The lowest BCUT2D eigenvalue weighted by Crippen LogP contribution is -2.15. The molecular weight excluding hydrogens is 306 g/mol. The van der Waals surface area contributed by atoms with Gasteiger partial charge < -0.3 is 15.2 Å². The van der Waals surface area contributed by atoms with Crippen LogP contribution in [0.5, 0.6) is 0 Å². The highest BCUT2D eigenvalue weighted by Crippen LogP contribution is 2.16. The Morgan fingerprint density at radius 2 is 2.16 bits per heavy atom. The minimum Gasteiger partial charge on any atom is -0.345 e.